The molecule has 0 aliphatic carbocycles. The van der Waals surface area contributed by atoms with Crippen LogP contribution in [0.5, 0.6) is 5.75 Å². The molecule has 28 heavy (non-hydrogen) atoms. The lowest BCUT2D eigenvalue weighted by molar-refractivity contribution is 0.102. The number of amides is 1. The van der Waals surface area contributed by atoms with Crippen molar-refractivity contribution in [3.05, 3.63) is 84.4 Å². The molecule has 0 aromatic heterocycles. The van der Waals surface area contributed by atoms with Gasteiger partial charge in [-0.15, -0.1) is 0 Å². The first-order chi connectivity index (χ1) is 13.5. The standard InChI is InChI=1S/C21H20N2O4S/c1-2-27-19-12-8-16(9-13-19)21(24)22-17-10-14-20(15-11-17)28(25,26)23-18-6-4-3-5-7-18/h3-15,23H,2H2,1H3,(H,22,24). The van der Waals surface area contributed by atoms with Crippen LogP contribution in [0.2, 0.25) is 0 Å². The number of sulfonamides is 1. The number of hydrogen-bond acceptors (Lipinski definition) is 4. The van der Waals surface area contributed by atoms with Gasteiger partial charge in [-0.05, 0) is 67.6 Å². The molecular formula is C21H20N2O4S. The molecule has 7 heteroatoms. The molecule has 0 saturated heterocycles. The van der Waals surface area contributed by atoms with Gasteiger partial charge in [0, 0.05) is 16.9 Å². The molecule has 3 rings (SSSR count). The third kappa shape index (κ3) is 4.89. The van der Waals surface area contributed by atoms with Gasteiger partial charge in [0.25, 0.3) is 15.9 Å². The number of ether oxygens (including phenoxy) is 1. The van der Waals surface area contributed by atoms with Crippen LogP contribution in [0.4, 0.5) is 11.4 Å². The van der Waals surface area contributed by atoms with Gasteiger partial charge in [-0.25, -0.2) is 8.42 Å². The third-order valence-electron chi connectivity index (χ3n) is 3.88. The van der Waals surface area contributed by atoms with Crippen LogP contribution < -0.4 is 14.8 Å². The van der Waals surface area contributed by atoms with E-state index in [0.717, 1.165) is 0 Å². The Labute approximate surface area is 164 Å². The van der Waals surface area contributed by atoms with Gasteiger partial charge in [0.15, 0.2) is 0 Å². The lowest BCUT2D eigenvalue weighted by Gasteiger charge is -2.10. The Morgan fingerprint density at radius 3 is 2.11 bits per heavy atom. The fourth-order valence-corrected chi connectivity index (χ4v) is 3.57. The van der Waals surface area contributed by atoms with Crippen LogP contribution >= 0.6 is 0 Å². The van der Waals surface area contributed by atoms with Crippen LogP contribution in [0.15, 0.2) is 83.8 Å². The molecule has 0 atom stereocenters. The van der Waals surface area contributed by atoms with Crippen LogP contribution in [0.25, 0.3) is 0 Å². The van der Waals surface area contributed by atoms with Crippen LogP contribution in [0, 0.1) is 0 Å². The number of para-hydroxylation sites is 1. The lowest BCUT2D eigenvalue weighted by Crippen LogP contribution is -2.14. The van der Waals surface area contributed by atoms with Crippen LogP contribution in [-0.2, 0) is 10.0 Å². The van der Waals surface area contributed by atoms with Gasteiger partial charge in [-0.3, -0.25) is 9.52 Å². The van der Waals surface area contributed by atoms with E-state index >= 15 is 0 Å². The van der Waals surface area contributed by atoms with Crippen molar-refractivity contribution in [3.8, 4) is 5.75 Å². The number of anilines is 2. The number of carbonyl (C=O) groups is 1. The van der Waals surface area contributed by atoms with Crippen molar-refractivity contribution < 1.29 is 17.9 Å². The van der Waals surface area contributed by atoms with E-state index in [2.05, 4.69) is 10.0 Å². The summed E-state index contributed by atoms with van der Waals surface area (Å²) in [4.78, 5) is 12.4. The van der Waals surface area contributed by atoms with Gasteiger partial charge in [0.2, 0.25) is 0 Å². The van der Waals surface area contributed by atoms with Crippen LogP contribution in [0.1, 0.15) is 17.3 Å². The Morgan fingerprint density at radius 1 is 0.857 bits per heavy atom. The summed E-state index contributed by atoms with van der Waals surface area (Å²) in [6, 6.07) is 21.4. The molecule has 0 radical (unpaired) electrons. The Bertz CT molecular complexity index is 1030. The highest BCUT2D eigenvalue weighted by Crippen LogP contribution is 2.19. The van der Waals surface area contributed by atoms with Gasteiger partial charge in [-0.2, -0.15) is 0 Å². The Morgan fingerprint density at radius 2 is 1.50 bits per heavy atom. The van der Waals surface area contributed by atoms with Crippen molar-refractivity contribution in [2.24, 2.45) is 0 Å². The number of nitrogens with one attached hydrogen (secondary N) is 2. The van der Waals surface area contributed by atoms with Crippen molar-refractivity contribution in [2.45, 2.75) is 11.8 Å². The fourth-order valence-electron chi connectivity index (χ4n) is 2.51. The van der Waals surface area contributed by atoms with E-state index in [4.69, 9.17) is 4.74 Å². The second-order valence-corrected chi connectivity index (χ2v) is 7.59. The van der Waals surface area contributed by atoms with E-state index in [1.807, 2.05) is 6.92 Å². The molecule has 2 N–H and O–H groups in total. The maximum Gasteiger partial charge on any atom is 0.261 e. The topological polar surface area (TPSA) is 84.5 Å². The van der Waals surface area contributed by atoms with E-state index in [9.17, 15) is 13.2 Å². The highest BCUT2D eigenvalue weighted by atomic mass is 32.2. The number of rotatable bonds is 7. The molecule has 1 amide bonds. The predicted octanol–water partition coefficient (Wildman–Crippen LogP) is 4.14. The molecule has 0 spiro atoms. The predicted molar refractivity (Wildman–Crippen MR) is 109 cm³/mol. The lowest BCUT2D eigenvalue weighted by atomic mass is 10.2. The summed E-state index contributed by atoms with van der Waals surface area (Å²) in [6.07, 6.45) is 0. The molecule has 0 aliphatic rings. The average molecular weight is 396 g/mol. The summed E-state index contributed by atoms with van der Waals surface area (Å²) in [6.45, 7) is 2.44. The van der Waals surface area contributed by atoms with Gasteiger partial charge >= 0.3 is 0 Å². The van der Waals surface area contributed by atoms with Crippen molar-refractivity contribution >= 4 is 27.3 Å². The third-order valence-corrected chi connectivity index (χ3v) is 5.27. The van der Waals surface area contributed by atoms with E-state index in [0.29, 0.717) is 29.3 Å². The Hall–Kier alpha value is -3.32. The summed E-state index contributed by atoms with van der Waals surface area (Å²) in [5.41, 5.74) is 1.46. The first-order valence-electron chi connectivity index (χ1n) is 8.70. The zero-order valence-electron chi connectivity index (χ0n) is 15.3. The minimum atomic E-state index is -3.70. The highest BCUT2D eigenvalue weighted by Gasteiger charge is 2.14. The summed E-state index contributed by atoms with van der Waals surface area (Å²) < 4.78 is 32.7. The molecule has 0 fully saturated rings. The van der Waals surface area contributed by atoms with Crippen molar-refractivity contribution in [3.63, 3.8) is 0 Å². The zero-order valence-corrected chi connectivity index (χ0v) is 16.1. The van der Waals surface area contributed by atoms with Gasteiger partial charge in [0.05, 0.1) is 11.5 Å². The summed E-state index contributed by atoms with van der Waals surface area (Å²) in [5, 5.41) is 2.74. The number of hydrogen-bond donors (Lipinski definition) is 2. The number of benzene rings is 3. The summed E-state index contributed by atoms with van der Waals surface area (Å²) in [5.74, 6) is 0.403. The second-order valence-electron chi connectivity index (χ2n) is 5.91. The molecule has 144 valence electrons. The fraction of sp³-hybridized carbons (Fsp3) is 0.0952. The Kier molecular flexibility index (Phi) is 5.96. The first-order valence-corrected chi connectivity index (χ1v) is 10.2. The molecule has 3 aromatic carbocycles. The first kappa shape index (κ1) is 19.4. The van der Waals surface area contributed by atoms with E-state index in [1.54, 1.807) is 66.7 Å². The monoisotopic (exact) mass is 396 g/mol. The molecule has 0 saturated carbocycles. The minimum Gasteiger partial charge on any atom is -0.494 e. The molecule has 6 nitrogen and oxygen atoms in total. The molecule has 0 aliphatic heterocycles. The second kappa shape index (κ2) is 8.58. The van der Waals surface area contributed by atoms with E-state index in [-0.39, 0.29) is 10.8 Å². The summed E-state index contributed by atoms with van der Waals surface area (Å²) >= 11 is 0. The number of carbonyl (C=O) groups excluding carboxylic acids is 1. The van der Waals surface area contributed by atoms with Gasteiger partial charge in [0.1, 0.15) is 5.75 Å². The average Bonchev–Trinajstić information content (AvgIpc) is 2.69. The van der Waals surface area contributed by atoms with Crippen LogP contribution in [-0.4, -0.2) is 20.9 Å². The molecule has 3 aromatic rings. The largest absolute Gasteiger partial charge is 0.494 e. The highest BCUT2D eigenvalue weighted by molar-refractivity contribution is 7.92. The Balaban J connectivity index is 1.67. The molecule has 0 heterocycles. The zero-order chi connectivity index (χ0) is 20.0. The maximum atomic E-state index is 12.4. The quantitative estimate of drug-likeness (QED) is 0.629. The van der Waals surface area contributed by atoms with Crippen molar-refractivity contribution in [1.82, 2.24) is 0 Å². The molecule has 0 bridgehead atoms. The van der Waals surface area contributed by atoms with Gasteiger partial charge < -0.3 is 10.1 Å². The van der Waals surface area contributed by atoms with E-state index < -0.39 is 10.0 Å². The van der Waals surface area contributed by atoms with E-state index in [1.165, 1.54) is 12.1 Å². The molecule has 0 unspecified atom stereocenters. The van der Waals surface area contributed by atoms with Gasteiger partial charge in [-0.1, -0.05) is 18.2 Å². The maximum absolute atomic E-state index is 12.4. The van der Waals surface area contributed by atoms with Crippen molar-refractivity contribution in [1.29, 1.82) is 0 Å². The smallest absolute Gasteiger partial charge is 0.261 e. The van der Waals surface area contributed by atoms with Crippen molar-refractivity contribution in [2.75, 3.05) is 16.6 Å². The normalized spacial score (nSPS) is 10.9. The molecular weight excluding hydrogens is 376 g/mol. The SMILES string of the molecule is CCOc1ccc(C(=O)Nc2ccc(S(=O)(=O)Nc3ccccc3)cc2)cc1. The summed E-state index contributed by atoms with van der Waals surface area (Å²) in [7, 11) is -3.70. The minimum absolute atomic E-state index is 0.107. The van der Waals surface area contributed by atoms with Crippen LogP contribution in [0.3, 0.4) is 0 Å².